The van der Waals surface area contributed by atoms with Gasteiger partial charge in [-0.05, 0) is 31.7 Å². The van der Waals surface area contributed by atoms with Crippen molar-refractivity contribution in [3.63, 3.8) is 0 Å². The summed E-state index contributed by atoms with van der Waals surface area (Å²) in [5, 5.41) is 7.74. The van der Waals surface area contributed by atoms with Crippen molar-refractivity contribution in [2.75, 3.05) is 13.7 Å². The molecule has 0 N–H and O–H groups in total. The second kappa shape index (κ2) is 3.68. The lowest BCUT2D eigenvalue weighted by atomic mass is 9.67. The van der Waals surface area contributed by atoms with E-state index in [1.807, 2.05) is 4.90 Å². The van der Waals surface area contributed by atoms with Crippen molar-refractivity contribution < 1.29 is 9.53 Å². The first kappa shape index (κ1) is 10.5. The molecular formula is C12H15N3O2. The second-order valence-electron chi connectivity index (χ2n) is 4.75. The zero-order valence-corrected chi connectivity index (χ0v) is 9.85. The SMILES string of the molecule is COc1ccc(C(=O)N2CCC23CCC3)nn1. The molecule has 0 bridgehead atoms. The van der Waals surface area contributed by atoms with E-state index in [1.165, 1.54) is 13.5 Å². The van der Waals surface area contributed by atoms with Gasteiger partial charge in [-0.25, -0.2) is 0 Å². The Labute approximate surface area is 99.8 Å². The van der Waals surface area contributed by atoms with Gasteiger partial charge in [-0.2, -0.15) is 0 Å². The van der Waals surface area contributed by atoms with Crippen LogP contribution in [0.15, 0.2) is 12.1 Å². The molecule has 2 heterocycles. The molecule has 0 radical (unpaired) electrons. The highest BCUT2D eigenvalue weighted by atomic mass is 16.5. The number of amides is 1. The average molecular weight is 233 g/mol. The van der Waals surface area contributed by atoms with Crippen LogP contribution in [0.3, 0.4) is 0 Å². The van der Waals surface area contributed by atoms with Crippen molar-refractivity contribution in [2.24, 2.45) is 0 Å². The van der Waals surface area contributed by atoms with Gasteiger partial charge < -0.3 is 9.64 Å². The Balaban J connectivity index is 1.77. The number of methoxy groups -OCH3 is 1. The summed E-state index contributed by atoms with van der Waals surface area (Å²) >= 11 is 0. The van der Waals surface area contributed by atoms with Gasteiger partial charge in [0.1, 0.15) is 0 Å². The Morgan fingerprint density at radius 1 is 1.35 bits per heavy atom. The number of carbonyl (C=O) groups excluding carboxylic acids is 1. The van der Waals surface area contributed by atoms with E-state index in [0.29, 0.717) is 11.6 Å². The maximum absolute atomic E-state index is 12.2. The van der Waals surface area contributed by atoms with Crippen LogP contribution >= 0.6 is 0 Å². The minimum Gasteiger partial charge on any atom is -0.480 e. The largest absolute Gasteiger partial charge is 0.480 e. The van der Waals surface area contributed by atoms with Crippen molar-refractivity contribution in [2.45, 2.75) is 31.2 Å². The fourth-order valence-electron chi connectivity index (χ4n) is 2.64. The Morgan fingerprint density at radius 3 is 2.59 bits per heavy atom. The van der Waals surface area contributed by atoms with E-state index < -0.39 is 0 Å². The molecule has 0 aromatic carbocycles. The highest BCUT2D eigenvalue weighted by Gasteiger charge is 2.51. The fourth-order valence-corrected chi connectivity index (χ4v) is 2.64. The van der Waals surface area contributed by atoms with Crippen LogP contribution in [-0.2, 0) is 0 Å². The van der Waals surface area contributed by atoms with Gasteiger partial charge in [0.25, 0.3) is 5.91 Å². The minimum absolute atomic E-state index is 0.00565. The number of hydrogen-bond donors (Lipinski definition) is 0. The molecule has 1 aliphatic heterocycles. The summed E-state index contributed by atoms with van der Waals surface area (Å²) in [7, 11) is 1.53. The molecule has 1 aliphatic carbocycles. The molecule has 1 spiro atoms. The number of hydrogen-bond acceptors (Lipinski definition) is 4. The van der Waals surface area contributed by atoms with Gasteiger partial charge in [-0.3, -0.25) is 4.79 Å². The number of ether oxygens (including phenoxy) is 1. The number of aromatic nitrogens is 2. The zero-order chi connectivity index (χ0) is 11.9. The van der Waals surface area contributed by atoms with Crippen LogP contribution in [-0.4, -0.2) is 40.2 Å². The highest BCUT2D eigenvalue weighted by Crippen LogP contribution is 2.47. The van der Waals surface area contributed by atoms with Crippen molar-refractivity contribution in [1.82, 2.24) is 15.1 Å². The zero-order valence-electron chi connectivity index (χ0n) is 9.85. The molecule has 0 unspecified atom stereocenters. The van der Waals surface area contributed by atoms with Gasteiger partial charge in [0.05, 0.1) is 7.11 Å². The quantitative estimate of drug-likeness (QED) is 0.771. The van der Waals surface area contributed by atoms with Gasteiger partial charge >= 0.3 is 0 Å². The first-order valence-corrected chi connectivity index (χ1v) is 5.95. The summed E-state index contributed by atoms with van der Waals surface area (Å²) in [5.74, 6) is 0.439. The monoisotopic (exact) mass is 233 g/mol. The molecule has 1 aromatic heterocycles. The summed E-state index contributed by atoms with van der Waals surface area (Å²) in [6.45, 7) is 0.854. The Bertz CT molecular complexity index is 434. The van der Waals surface area contributed by atoms with Crippen LogP contribution in [0.5, 0.6) is 5.88 Å². The maximum atomic E-state index is 12.2. The molecule has 90 valence electrons. The molecule has 17 heavy (non-hydrogen) atoms. The lowest BCUT2D eigenvalue weighted by Crippen LogP contribution is -2.65. The van der Waals surface area contributed by atoms with E-state index in [0.717, 1.165) is 25.8 Å². The van der Waals surface area contributed by atoms with Crippen molar-refractivity contribution >= 4 is 5.91 Å². The van der Waals surface area contributed by atoms with Crippen LogP contribution in [0.4, 0.5) is 0 Å². The lowest BCUT2D eigenvalue weighted by molar-refractivity contribution is -0.0491. The Morgan fingerprint density at radius 2 is 2.18 bits per heavy atom. The van der Waals surface area contributed by atoms with Crippen LogP contribution in [0.1, 0.15) is 36.2 Å². The summed E-state index contributed by atoms with van der Waals surface area (Å²) in [6.07, 6.45) is 4.66. The van der Waals surface area contributed by atoms with Crippen LogP contribution in [0, 0.1) is 0 Å². The predicted molar refractivity (Wildman–Crippen MR) is 60.8 cm³/mol. The first-order chi connectivity index (χ1) is 8.25. The molecule has 5 nitrogen and oxygen atoms in total. The number of nitrogens with zero attached hydrogens (tertiary/aromatic N) is 3. The molecule has 1 amide bonds. The third-order valence-corrected chi connectivity index (χ3v) is 3.97. The molecule has 5 heteroatoms. The molecule has 0 atom stereocenters. The third kappa shape index (κ3) is 1.49. The Kier molecular flexibility index (Phi) is 2.28. The minimum atomic E-state index is 0.00565. The van der Waals surface area contributed by atoms with Gasteiger partial charge in [0.2, 0.25) is 5.88 Å². The van der Waals surface area contributed by atoms with Gasteiger partial charge in [0, 0.05) is 18.2 Å². The van der Waals surface area contributed by atoms with Crippen LogP contribution < -0.4 is 4.74 Å². The average Bonchev–Trinajstić information content (AvgIpc) is 2.26. The summed E-state index contributed by atoms with van der Waals surface area (Å²) < 4.78 is 4.92. The maximum Gasteiger partial charge on any atom is 0.274 e. The van der Waals surface area contributed by atoms with Crippen molar-refractivity contribution in [1.29, 1.82) is 0 Å². The van der Waals surface area contributed by atoms with E-state index in [-0.39, 0.29) is 11.4 Å². The molecule has 3 rings (SSSR count). The lowest BCUT2D eigenvalue weighted by Gasteiger charge is -2.58. The summed E-state index contributed by atoms with van der Waals surface area (Å²) in [5.41, 5.74) is 0.579. The van der Waals surface area contributed by atoms with E-state index in [4.69, 9.17) is 4.74 Å². The summed E-state index contributed by atoms with van der Waals surface area (Å²) in [4.78, 5) is 14.2. The first-order valence-electron chi connectivity index (χ1n) is 5.95. The summed E-state index contributed by atoms with van der Waals surface area (Å²) in [6, 6.07) is 3.35. The number of likely N-dealkylation sites (tertiary alicyclic amines) is 1. The third-order valence-electron chi connectivity index (χ3n) is 3.97. The van der Waals surface area contributed by atoms with E-state index in [2.05, 4.69) is 10.2 Å². The highest BCUT2D eigenvalue weighted by molar-refractivity contribution is 5.93. The molecule has 1 saturated carbocycles. The molecule has 2 aliphatic rings. The Hall–Kier alpha value is -1.65. The normalized spacial score (nSPS) is 20.6. The molecule has 1 aromatic rings. The topological polar surface area (TPSA) is 55.3 Å². The second-order valence-corrected chi connectivity index (χ2v) is 4.75. The van der Waals surface area contributed by atoms with Crippen molar-refractivity contribution in [3.8, 4) is 5.88 Å². The van der Waals surface area contributed by atoms with E-state index >= 15 is 0 Å². The molecular weight excluding hydrogens is 218 g/mol. The predicted octanol–water partition coefficient (Wildman–Crippen LogP) is 1.25. The standard InChI is InChI=1S/C12H15N3O2/c1-17-10-4-3-9(13-14-10)11(16)15-8-7-12(15)5-2-6-12/h3-4H,2,5-8H2,1H3. The van der Waals surface area contributed by atoms with Gasteiger partial charge in [0.15, 0.2) is 5.69 Å². The van der Waals surface area contributed by atoms with E-state index in [9.17, 15) is 4.79 Å². The van der Waals surface area contributed by atoms with Gasteiger partial charge in [-0.15, -0.1) is 10.2 Å². The van der Waals surface area contributed by atoms with Crippen LogP contribution in [0.2, 0.25) is 0 Å². The van der Waals surface area contributed by atoms with E-state index in [1.54, 1.807) is 12.1 Å². The molecule has 1 saturated heterocycles. The molecule has 2 fully saturated rings. The smallest absolute Gasteiger partial charge is 0.274 e. The van der Waals surface area contributed by atoms with Crippen molar-refractivity contribution in [3.05, 3.63) is 17.8 Å². The van der Waals surface area contributed by atoms with Crippen LogP contribution in [0.25, 0.3) is 0 Å². The number of carbonyl (C=O) groups is 1. The number of rotatable bonds is 2. The fraction of sp³-hybridized carbons (Fsp3) is 0.583. The van der Waals surface area contributed by atoms with Gasteiger partial charge in [-0.1, -0.05) is 0 Å².